The van der Waals surface area contributed by atoms with E-state index in [9.17, 15) is 0 Å². The van der Waals surface area contributed by atoms with Crippen LogP contribution in [0, 0.1) is 20.8 Å². The molecule has 3 N–H and O–H groups in total. The van der Waals surface area contributed by atoms with Gasteiger partial charge in [-0.25, -0.2) is 9.97 Å². The van der Waals surface area contributed by atoms with E-state index in [-0.39, 0.29) is 0 Å². The van der Waals surface area contributed by atoms with Gasteiger partial charge in [0, 0.05) is 24.7 Å². The first-order chi connectivity index (χ1) is 9.10. The Labute approximate surface area is 114 Å². The van der Waals surface area contributed by atoms with Gasteiger partial charge in [-0.2, -0.15) is 0 Å². The van der Waals surface area contributed by atoms with Gasteiger partial charge in [-0.3, -0.25) is 0 Å². The van der Waals surface area contributed by atoms with Crippen molar-refractivity contribution in [3.8, 4) is 11.3 Å². The average Bonchev–Trinajstić information content (AvgIpc) is 2.35. The lowest BCUT2D eigenvalue weighted by Gasteiger charge is -2.10. The molecule has 4 nitrogen and oxygen atoms in total. The Morgan fingerprint density at radius 1 is 1.11 bits per heavy atom. The SMILES string of the molecule is Cc1ccc(-c2cc(NCCN)nc(C)n2)c(C)c1. The summed E-state index contributed by atoms with van der Waals surface area (Å²) in [6.45, 7) is 7.40. The first-order valence-corrected chi connectivity index (χ1v) is 6.47. The molecular formula is C15H20N4. The van der Waals surface area contributed by atoms with Crippen molar-refractivity contribution in [2.24, 2.45) is 5.73 Å². The Morgan fingerprint density at radius 3 is 2.58 bits per heavy atom. The molecule has 1 aromatic heterocycles. The smallest absolute Gasteiger partial charge is 0.130 e. The predicted molar refractivity (Wildman–Crippen MR) is 79.2 cm³/mol. The fourth-order valence-corrected chi connectivity index (χ4v) is 2.10. The highest BCUT2D eigenvalue weighted by Gasteiger charge is 2.07. The Bertz CT molecular complexity index is 578. The van der Waals surface area contributed by atoms with E-state index in [2.05, 4.69) is 47.3 Å². The minimum Gasteiger partial charge on any atom is -0.369 e. The molecule has 0 aliphatic carbocycles. The van der Waals surface area contributed by atoms with Crippen molar-refractivity contribution < 1.29 is 0 Å². The van der Waals surface area contributed by atoms with Gasteiger partial charge in [0.1, 0.15) is 11.6 Å². The second-order valence-electron chi connectivity index (χ2n) is 4.72. The fourth-order valence-electron chi connectivity index (χ4n) is 2.10. The number of aromatic nitrogens is 2. The van der Waals surface area contributed by atoms with Gasteiger partial charge in [-0.15, -0.1) is 0 Å². The summed E-state index contributed by atoms with van der Waals surface area (Å²) in [5.41, 5.74) is 10.1. The molecule has 0 atom stereocenters. The summed E-state index contributed by atoms with van der Waals surface area (Å²) in [4.78, 5) is 8.89. The number of hydrogen-bond donors (Lipinski definition) is 2. The van der Waals surface area contributed by atoms with E-state index in [0.29, 0.717) is 13.1 Å². The van der Waals surface area contributed by atoms with Crippen LogP contribution in [-0.4, -0.2) is 23.1 Å². The van der Waals surface area contributed by atoms with Crippen molar-refractivity contribution >= 4 is 5.82 Å². The number of nitrogens with zero attached hydrogens (tertiary/aromatic N) is 2. The third-order valence-corrected chi connectivity index (χ3v) is 2.95. The van der Waals surface area contributed by atoms with Crippen molar-refractivity contribution in [3.05, 3.63) is 41.2 Å². The first kappa shape index (κ1) is 13.5. The number of anilines is 1. The molecule has 0 unspecified atom stereocenters. The van der Waals surface area contributed by atoms with Gasteiger partial charge in [0.25, 0.3) is 0 Å². The van der Waals surface area contributed by atoms with Crippen molar-refractivity contribution in [2.45, 2.75) is 20.8 Å². The monoisotopic (exact) mass is 256 g/mol. The normalized spacial score (nSPS) is 10.5. The Morgan fingerprint density at radius 2 is 1.89 bits per heavy atom. The molecule has 0 saturated heterocycles. The second kappa shape index (κ2) is 5.80. The lowest BCUT2D eigenvalue weighted by Crippen LogP contribution is -2.14. The number of hydrogen-bond acceptors (Lipinski definition) is 4. The second-order valence-corrected chi connectivity index (χ2v) is 4.72. The van der Waals surface area contributed by atoms with E-state index in [1.54, 1.807) is 0 Å². The van der Waals surface area contributed by atoms with Crippen molar-refractivity contribution in [1.82, 2.24) is 9.97 Å². The van der Waals surface area contributed by atoms with Gasteiger partial charge in [-0.05, 0) is 26.3 Å². The molecule has 0 aliphatic rings. The summed E-state index contributed by atoms with van der Waals surface area (Å²) in [5, 5.41) is 3.20. The minimum atomic E-state index is 0.585. The third kappa shape index (κ3) is 3.29. The zero-order valence-electron chi connectivity index (χ0n) is 11.7. The lowest BCUT2D eigenvalue weighted by atomic mass is 10.0. The quantitative estimate of drug-likeness (QED) is 0.882. The molecule has 0 radical (unpaired) electrons. The summed E-state index contributed by atoms with van der Waals surface area (Å²) in [6.07, 6.45) is 0. The number of rotatable bonds is 4. The fraction of sp³-hybridized carbons (Fsp3) is 0.333. The summed E-state index contributed by atoms with van der Waals surface area (Å²) < 4.78 is 0. The van der Waals surface area contributed by atoms with Gasteiger partial charge >= 0.3 is 0 Å². The zero-order chi connectivity index (χ0) is 13.8. The highest BCUT2D eigenvalue weighted by molar-refractivity contribution is 5.66. The molecule has 4 heteroatoms. The average molecular weight is 256 g/mol. The Balaban J connectivity index is 2.41. The van der Waals surface area contributed by atoms with Crippen LogP contribution < -0.4 is 11.1 Å². The molecule has 0 fully saturated rings. The molecule has 0 amide bonds. The van der Waals surface area contributed by atoms with Crippen molar-refractivity contribution in [1.29, 1.82) is 0 Å². The van der Waals surface area contributed by atoms with Crippen LogP contribution in [0.15, 0.2) is 24.3 Å². The number of benzene rings is 1. The first-order valence-electron chi connectivity index (χ1n) is 6.47. The number of aryl methyl sites for hydroxylation is 3. The van der Waals surface area contributed by atoms with E-state index in [1.807, 2.05) is 13.0 Å². The molecule has 1 aromatic carbocycles. The van der Waals surface area contributed by atoms with E-state index < -0.39 is 0 Å². The molecule has 0 aliphatic heterocycles. The van der Waals surface area contributed by atoms with E-state index in [0.717, 1.165) is 22.9 Å². The maximum Gasteiger partial charge on any atom is 0.130 e. The van der Waals surface area contributed by atoms with Gasteiger partial charge in [-0.1, -0.05) is 23.8 Å². The van der Waals surface area contributed by atoms with Gasteiger partial charge in [0.05, 0.1) is 5.69 Å². The summed E-state index contributed by atoms with van der Waals surface area (Å²) in [7, 11) is 0. The Hall–Kier alpha value is -1.94. The van der Waals surface area contributed by atoms with Crippen molar-refractivity contribution in [2.75, 3.05) is 18.4 Å². The number of nitrogens with two attached hydrogens (primary N) is 1. The van der Waals surface area contributed by atoms with Crippen LogP contribution in [0.2, 0.25) is 0 Å². The number of nitrogens with one attached hydrogen (secondary N) is 1. The summed E-state index contributed by atoms with van der Waals surface area (Å²) in [6, 6.07) is 8.35. The highest BCUT2D eigenvalue weighted by atomic mass is 15.0. The van der Waals surface area contributed by atoms with Crippen LogP contribution in [0.1, 0.15) is 17.0 Å². The molecule has 1 heterocycles. The molecule has 100 valence electrons. The van der Waals surface area contributed by atoms with E-state index in [4.69, 9.17) is 5.73 Å². The van der Waals surface area contributed by atoms with Gasteiger partial charge < -0.3 is 11.1 Å². The minimum absolute atomic E-state index is 0.585. The van der Waals surface area contributed by atoms with Crippen LogP contribution in [0.25, 0.3) is 11.3 Å². The van der Waals surface area contributed by atoms with Crippen LogP contribution >= 0.6 is 0 Å². The largest absolute Gasteiger partial charge is 0.369 e. The van der Waals surface area contributed by atoms with Gasteiger partial charge in [0.15, 0.2) is 0 Å². The summed E-state index contributed by atoms with van der Waals surface area (Å²) >= 11 is 0. The van der Waals surface area contributed by atoms with Crippen LogP contribution in [0.4, 0.5) is 5.82 Å². The maximum atomic E-state index is 5.50. The highest BCUT2D eigenvalue weighted by Crippen LogP contribution is 2.24. The molecule has 0 spiro atoms. The third-order valence-electron chi connectivity index (χ3n) is 2.95. The standard InChI is InChI=1S/C15H20N4/c1-10-4-5-13(11(2)8-10)14-9-15(17-7-6-16)19-12(3)18-14/h4-5,8-9H,6-7,16H2,1-3H3,(H,17,18,19). The Kier molecular flexibility index (Phi) is 4.12. The van der Waals surface area contributed by atoms with Gasteiger partial charge in [0.2, 0.25) is 0 Å². The van der Waals surface area contributed by atoms with Crippen LogP contribution in [0.5, 0.6) is 0 Å². The maximum absolute atomic E-state index is 5.50. The summed E-state index contributed by atoms with van der Waals surface area (Å²) in [5.74, 6) is 1.59. The molecule has 2 rings (SSSR count). The molecule has 0 bridgehead atoms. The topological polar surface area (TPSA) is 63.8 Å². The van der Waals surface area contributed by atoms with Crippen LogP contribution in [-0.2, 0) is 0 Å². The van der Waals surface area contributed by atoms with E-state index >= 15 is 0 Å². The molecule has 2 aromatic rings. The zero-order valence-corrected chi connectivity index (χ0v) is 11.7. The predicted octanol–water partition coefficient (Wildman–Crippen LogP) is 2.44. The molecular weight excluding hydrogens is 236 g/mol. The van der Waals surface area contributed by atoms with Crippen molar-refractivity contribution in [3.63, 3.8) is 0 Å². The molecule has 19 heavy (non-hydrogen) atoms. The molecule has 0 saturated carbocycles. The van der Waals surface area contributed by atoms with E-state index in [1.165, 1.54) is 11.1 Å². The van der Waals surface area contributed by atoms with Crippen LogP contribution in [0.3, 0.4) is 0 Å². The lowest BCUT2D eigenvalue weighted by molar-refractivity contribution is 0.987.